The Labute approximate surface area is 119 Å². The highest BCUT2D eigenvalue weighted by atomic mass is 32.2. The van der Waals surface area contributed by atoms with Crippen molar-refractivity contribution in [2.45, 2.75) is 31.6 Å². The van der Waals surface area contributed by atoms with Gasteiger partial charge in [-0.25, -0.2) is 8.42 Å². The van der Waals surface area contributed by atoms with E-state index in [-0.39, 0.29) is 5.75 Å². The van der Waals surface area contributed by atoms with Gasteiger partial charge in [-0.1, -0.05) is 37.3 Å². The second-order valence-electron chi connectivity index (χ2n) is 5.35. The Kier molecular flexibility index (Phi) is 4.77. The van der Waals surface area contributed by atoms with Crippen LogP contribution in [0.15, 0.2) is 30.3 Å². The first-order valence-electron chi connectivity index (χ1n) is 6.78. The molecule has 1 heterocycles. The Balaban J connectivity index is 1.96. The minimum Gasteiger partial charge on any atom is -0.306 e. The molecule has 2 atom stereocenters. The van der Waals surface area contributed by atoms with Crippen LogP contribution < -0.4 is 10.0 Å². The van der Waals surface area contributed by atoms with Crippen LogP contribution in [0, 0.1) is 5.92 Å². The third-order valence-corrected chi connectivity index (χ3v) is 4.66. The van der Waals surface area contributed by atoms with E-state index in [0.717, 1.165) is 13.0 Å². The Morgan fingerprint density at radius 1 is 1.35 bits per heavy atom. The third-order valence-electron chi connectivity index (χ3n) is 3.44. The van der Waals surface area contributed by atoms with E-state index in [1.165, 1.54) is 0 Å². The quantitative estimate of drug-likeness (QED) is 0.870. The number of hydrogen-bond donors (Lipinski definition) is 2. The average Bonchev–Trinajstić information content (AvgIpc) is 2.38. The van der Waals surface area contributed by atoms with Gasteiger partial charge in [-0.3, -0.25) is 9.52 Å². The zero-order valence-corrected chi connectivity index (χ0v) is 12.3. The molecule has 1 fully saturated rings. The van der Waals surface area contributed by atoms with E-state index in [9.17, 15) is 13.2 Å². The van der Waals surface area contributed by atoms with Crippen molar-refractivity contribution in [2.24, 2.45) is 5.92 Å². The Morgan fingerprint density at radius 3 is 2.70 bits per heavy atom. The summed E-state index contributed by atoms with van der Waals surface area (Å²) in [6.07, 6.45) is 1.69. The average molecular weight is 296 g/mol. The number of benzene rings is 1. The molecule has 1 aromatic rings. The summed E-state index contributed by atoms with van der Waals surface area (Å²) in [7, 11) is -3.64. The van der Waals surface area contributed by atoms with Crippen LogP contribution in [0.5, 0.6) is 0 Å². The fourth-order valence-electron chi connectivity index (χ4n) is 2.36. The first kappa shape index (κ1) is 15.0. The molecule has 1 aliphatic rings. The molecule has 0 radical (unpaired) electrons. The molecular formula is C14H20N2O3S. The second kappa shape index (κ2) is 6.37. The van der Waals surface area contributed by atoms with Crippen molar-refractivity contribution in [2.75, 3.05) is 6.54 Å². The molecule has 0 spiro atoms. The molecule has 1 saturated heterocycles. The van der Waals surface area contributed by atoms with Gasteiger partial charge in [-0.05, 0) is 30.9 Å². The maximum atomic E-state index is 12.0. The monoisotopic (exact) mass is 296 g/mol. The van der Waals surface area contributed by atoms with E-state index in [2.05, 4.69) is 17.0 Å². The fourth-order valence-corrected chi connectivity index (χ4v) is 3.51. The Bertz CT molecular complexity index is 557. The predicted octanol–water partition coefficient (Wildman–Crippen LogP) is 1.02. The highest BCUT2D eigenvalue weighted by molar-refractivity contribution is 7.89. The standard InChI is InChI=1S/C14H20N2O3S/c1-11-7-8-15-13(9-11)14(17)16-20(18,19)10-12-5-3-2-4-6-12/h2-6,11,13,15H,7-10H2,1H3,(H,16,17)/t11?,13-/m1/s1. The van der Waals surface area contributed by atoms with Crippen LogP contribution in [0.2, 0.25) is 0 Å². The number of sulfonamides is 1. The van der Waals surface area contributed by atoms with Crippen molar-refractivity contribution >= 4 is 15.9 Å². The van der Waals surface area contributed by atoms with Crippen molar-refractivity contribution in [1.29, 1.82) is 0 Å². The van der Waals surface area contributed by atoms with E-state index in [4.69, 9.17) is 0 Å². The van der Waals surface area contributed by atoms with Crippen molar-refractivity contribution in [3.05, 3.63) is 35.9 Å². The van der Waals surface area contributed by atoms with E-state index >= 15 is 0 Å². The maximum absolute atomic E-state index is 12.0. The molecule has 0 saturated carbocycles. The predicted molar refractivity (Wildman–Crippen MR) is 77.4 cm³/mol. The van der Waals surface area contributed by atoms with Gasteiger partial charge in [-0.2, -0.15) is 0 Å². The highest BCUT2D eigenvalue weighted by Crippen LogP contribution is 2.15. The first-order chi connectivity index (χ1) is 9.46. The number of piperidine rings is 1. The van der Waals surface area contributed by atoms with Crippen molar-refractivity contribution in [1.82, 2.24) is 10.0 Å². The topological polar surface area (TPSA) is 75.3 Å². The summed E-state index contributed by atoms with van der Waals surface area (Å²) in [4.78, 5) is 12.0. The smallest absolute Gasteiger partial charge is 0.250 e. The molecule has 1 aliphatic heterocycles. The van der Waals surface area contributed by atoms with Crippen LogP contribution in [0.3, 0.4) is 0 Å². The Hall–Kier alpha value is -1.40. The summed E-state index contributed by atoms with van der Waals surface area (Å²) in [6, 6.07) is 8.41. The van der Waals surface area contributed by atoms with Gasteiger partial charge in [0.1, 0.15) is 0 Å². The number of nitrogens with one attached hydrogen (secondary N) is 2. The lowest BCUT2D eigenvalue weighted by Crippen LogP contribution is -2.50. The van der Waals surface area contributed by atoms with Crippen molar-refractivity contribution in [3.8, 4) is 0 Å². The normalized spacial score (nSPS) is 23.2. The number of rotatable bonds is 4. The van der Waals surface area contributed by atoms with Crippen LogP contribution in [-0.2, 0) is 20.6 Å². The summed E-state index contributed by atoms with van der Waals surface area (Å²) >= 11 is 0. The zero-order valence-electron chi connectivity index (χ0n) is 11.5. The molecule has 0 aliphatic carbocycles. The summed E-state index contributed by atoms with van der Waals surface area (Å²) < 4.78 is 26.1. The van der Waals surface area contributed by atoms with Crippen molar-refractivity contribution in [3.63, 3.8) is 0 Å². The summed E-state index contributed by atoms with van der Waals surface area (Å²) in [5.41, 5.74) is 0.665. The van der Waals surface area contributed by atoms with Crippen LogP contribution in [0.4, 0.5) is 0 Å². The number of carbonyl (C=O) groups excluding carboxylic acids is 1. The lowest BCUT2D eigenvalue weighted by atomic mass is 9.94. The molecule has 2 rings (SSSR count). The van der Waals surface area contributed by atoms with E-state index in [0.29, 0.717) is 17.9 Å². The molecule has 1 amide bonds. The fraction of sp³-hybridized carbons (Fsp3) is 0.500. The van der Waals surface area contributed by atoms with Gasteiger partial charge in [-0.15, -0.1) is 0 Å². The van der Waals surface area contributed by atoms with E-state index in [1.54, 1.807) is 24.3 Å². The lowest BCUT2D eigenvalue weighted by Gasteiger charge is -2.27. The molecule has 0 aromatic heterocycles. The molecule has 1 unspecified atom stereocenters. The van der Waals surface area contributed by atoms with E-state index < -0.39 is 22.0 Å². The van der Waals surface area contributed by atoms with Gasteiger partial charge in [0.05, 0.1) is 11.8 Å². The summed E-state index contributed by atoms with van der Waals surface area (Å²) in [6.45, 7) is 2.82. The molecule has 5 nitrogen and oxygen atoms in total. The van der Waals surface area contributed by atoms with Gasteiger partial charge < -0.3 is 5.32 Å². The molecule has 110 valence electrons. The minimum atomic E-state index is -3.64. The SMILES string of the molecule is CC1CCN[C@@H](C(=O)NS(=O)(=O)Cc2ccccc2)C1. The second-order valence-corrected chi connectivity index (χ2v) is 7.07. The van der Waals surface area contributed by atoms with Crippen molar-refractivity contribution < 1.29 is 13.2 Å². The van der Waals surface area contributed by atoms with Crippen LogP contribution in [-0.4, -0.2) is 26.9 Å². The maximum Gasteiger partial charge on any atom is 0.250 e. The summed E-state index contributed by atoms with van der Waals surface area (Å²) in [5.74, 6) is -0.196. The van der Waals surface area contributed by atoms with Gasteiger partial charge in [0.15, 0.2) is 0 Å². The molecule has 0 bridgehead atoms. The molecule has 1 aromatic carbocycles. The van der Waals surface area contributed by atoms with Crippen LogP contribution in [0.1, 0.15) is 25.3 Å². The van der Waals surface area contributed by atoms with Gasteiger partial charge in [0.25, 0.3) is 5.91 Å². The van der Waals surface area contributed by atoms with Crippen LogP contribution in [0.25, 0.3) is 0 Å². The highest BCUT2D eigenvalue weighted by Gasteiger charge is 2.27. The summed E-state index contributed by atoms with van der Waals surface area (Å²) in [5, 5.41) is 3.06. The first-order valence-corrected chi connectivity index (χ1v) is 8.43. The molecule has 2 N–H and O–H groups in total. The third kappa shape index (κ3) is 4.31. The number of hydrogen-bond acceptors (Lipinski definition) is 4. The molecular weight excluding hydrogens is 276 g/mol. The van der Waals surface area contributed by atoms with E-state index in [1.807, 2.05) is 6.07 Å². The number of amides is 1. The minimum absolute atomic E-state index is 0.179. The number of carbonyl (C=O) groups is 1. The zero-order chi connectivity index (χ0) is 14.6. The largest absolute Gasteiger partial charge is 0.306 e. The Morgan fingerprint density at radius 2 is 2.05 bits per heavy atom. The lowest BCUT2D eigenvalue weighted by molar-refractivity contribution is -0.122. The van der Waals surface area contributed by atoms with Gasteiger partial charge in [0, 0.05) is 0 Å². The van der Waals surface area contributed by atoms with Gasteiger partial charge in [0.2, 0.25) is 10.0 Å². The van der Waals surface area contributed by atoms with Gasteiger partial charge >= 0.3 is 0 Å². The van der Waals surface area contributed by atoms with Crippen LogP contribution >= 0.6 is 0 Å². The molecule has 20 heavy (non-hydrogen) atoms. The molecule has 6 heteroatoms.